The SMILES string of the molecule is CC[C@H](Oc1ccccc1)C(=O)N[C@@H](CC)c1ccc(OC)c(C)c1. The van der Waals surface area contributed by atoms with Crippen molar-refractivity contribution < 1.29 is 14.3 Å². The van der Waals surface area contributed by atoms with Gasteiger partial charge >= 0.3 is 0 Å². The Hall–Kier alpha value is -2.49. The summed E-state index contributed by atoms with van der Waals surface area (Å²) in [5.74, 6) is 1.47. The first-order chi connectivity index (χ1) is 12.1. The fourth-order valence-corrected chi connectivity index (χ4v) is 2.79. The molecule has 0 bridgehead atoms. The van der Waals surface area contributed by atoms with E-state index in [9.17, 15) is 4.79 Å². The summed E-state index contributed by atoms with van der Waals surface area (Å²) < 4.78 is 11.1. The molecule has 0 heterocycles. The summed E-state index contributed by atoms with van der Waals surface area (Å²) in [5, 5.41) is 3.11. The Morgan fingerprint density at radius 1 is 1.08 bits per heavy atom. The van der Waals surface area contributed by atoms with Crippen LogP contribution in [-0.2, 0) is 4.79 Å². The number of benzene rings is 2. The van der Waals surface area contributed by atoms with Gasteiger partial charge in [-0.1, -0.05) is 44.2 Å². The van der Waals surface area contributed by atoms with Gasteiger partial charge in [0, 0.05) is 0 Å². The van der Waals surface area contributed by atoms with E-state index in [4.69, 9.17) is 9.47 Å². The highest BCUT2D eigenvalue weighted by atomic mass is 16.5. The van der Waals surface area contributed by atoms with Gasteiger partial charge < -0.3 is 14.8 Å². The molecule has 0 unspecified atom stereocenters. The summed E-state index contributed by atoms with van der Waals surface area (Å²) in [6.45, 7) is 6.01. The number of hydrogen-bond acceptors (Lipinski definition) is 3. The van der Waals surface area contributed by atoms with Crippen LogP contribution in [0.25, 0.3) is 0 Å². The summed E-state index contributed by atoms with van der Waals surface area (Å²) in [6.07, 6.45) is 0.911. The number of ether oxygens (including phenoxy) is 2. The van der Waals surface area contributed by atoms with Crippen LogP contribution < -0.4 is 14.8 Å². The molecule has 1 N–H and O–H groups in total. The molecule has 134 valence electrons. The zero-order chi connectivity index (χ0) is 18.2. The van der Waals surface area contributed by atoms with Gasteiger partial charge in [0.15, 0.2) is 6.10 Å². The van der Waals surface area contributed by atoms with Crippen molar-refractivity contribution in [3.63, 3.8) is 0 Å². The monoisotopic (exact) mass is 341 g/mol. The van der Waals surface area contributed by atoms with Crippen LogP contribution in [0.2, 0.25) is 0 Å². The van der Waals surface area contributed by atoms with Crippen LogP contribution in [0.15, 0.2) is 48.5 Å². The van der Waals surface area contributed by atoms with Crippen LogP contribution in [0.4, 0.5) is 0 Å². The minimum Gasteiger partial charge on any atom is -0.496 e. The van der Waals surface area contributed by atoms with Crippen molar-refractivity contribution in [1.29, 1.82) is 0 Å². The van der Waals surface area contributed by atoms with Crippen LogP contribution >= 0.6 is 0 Å². The Morgan fingerprint density at radius 3 is 2.36 bits per heavy atom. The van der Waals surface area contributed by atoms with Crippen LogP contribution in [-0.4, -0.2) is 19.1 Å². The van der Waals surface area contributed by atoms with Gasteiger partial charge in [0.1, 0.15) is 11.5 Å². The first kappa shape index (κ1) is 18.8. The van der Waals surface area contributed by atoms with Crippen molar-refractivity contribution >= 4 is 5.91 Å². The lowest BCUT2D eigenvalue weighted by atomic mass is 10.0. The standard InChI is InChI=1S/C21H27NO3/c1-5-18(16-12-13-20(24-4)15(3)14-16)22-21(23)19(6-2)25-17-10-8-7-9-11-17/h7-14,18-19H,5-6H2,1-4H3,(H,22,23)/t18-,19-/m0/s1. The molecule has 0 saturated heterocycles. The third kappa shape index (κ3) is 4.99. The maximum absolute atomic E-state index is 12.7. The van der Waals surface area contributed by atoms with Gasteiger partial charge in [0.25, 0.3) is 5.91 Å². The number of methoxy groups -OCH3 is 1. The maximum Gasteiger partial charge on any atom is 0.261 e. The van der Waals surface area contributed by atoms with Gasteiger partial charge in [-0.25, -0.2) is 0 Å². The largest absolute Gasteiger partial charge is 0.496 e. The summed E-state index contributed by atoms with van der Waals surface area (Å²) in [6, 6.07) is 15.4. The number of aryl methyl sites for hydroxylation is 1. The molecule has 2 aromatic rings. The number of para-hydroxylation sites is 1. The van der Waals surface area contributed by atoms with Gasteiger partial charge in [-0.15, -0.1) is 0 Å². The van der Waals surface area contributed by atoms with E-state index < -0.39 is 6.10 Å². The lowest BCUT2D eigenvalue weighted by Crippen LogP contribution is -2.39. The van der Waals surface area contributed by atoms with Gasteiger partial charge in [-0.05, 0) is 49.1 Å². The Kier molecular flexibility index (Phi) is 6.87. The highest BCUT2D eigenvalue weighted by molar-refractivity contribution is 5.81. The van der Waals surface area contributed by atoms with E-state index in [1.54, 1.807) is 7.11 Å². The van der Waals surface area contributed by atoms with Gasteiger partial charge in [-0.2, -0.15) is 0 Å². The van der Waals surface area contributed by atoms with Crippen LogP contribution in [0.1, 0.15) is 43.9 Å². The molecule has 2 atom stereocenters. The fourth-order valence-electron chi connectivity index (χ4n) is 2.79. The van der Waals surface area contributed by atoms with Crippen molar-refractivity contribution in [3.05, 3.63) is 59.7 Å². The molecule has 2 aromatic carbocycles. The number of nitrogens with one attached hydrogen (secondary N) is 1. The molecular weight excluding hydrogens is 314 g/mol. The molecule has 0 aliphatic rings. The number of carbonyl (C=O) groups excluding carboxylic acids is 1. The van der Waals surface area contributed by atoms with E-state index in [0.717, 1.165) is 23.3 Å². The smallest absolute Gasteiger partial charge is 0.261 e. The summed E-state index contributed by atoms with van der Waals surface area (Å²) in [4.78, 5) is 12.7. The molecule has 4 nitrogen and oxygen atoms in total. The summed E-state index contributed by atoms with van der Waals surface area (Å²) in [7, 11) is 1.66. The van der Waals surface area contributed by atoms with Crippen molar-refractivity contribution in [1.82, 2.24) is 5.32 Å². The molecule has 2 rings (SSSR count). The minimum absolute atomic E-state index is 0.0504. The van der Waals surface area contributed by atoms with Gasteiger partial charge in [-0.3, -0.25) is 4.79 Å². The molecule has 0 aromatic heterocycles. The topological polar surface area (TPSA) is 47.6 Å². The Bertz CT molecular complexity index is 685. The molecule has 0 aliphatic heterocycles. The molecule has 0 radical (unpaired) electrons. The highest BCUT2D eigenvalue weighted by Gasteiger charge is 2.22. The van der Waals surface area contributed by atoms with Crippen molar-refractivity contribution in [2.75, 3.05) is 7.11 Å². The van der Waals surface area contributed by atoms with Crippen LogP contribution in [0.3, 0.4) is 0 Å². The Balaban J connectivity index is 2.08. The molecule has 0 saturated carbocycles. The van der Waals surface area contributed by atoms with Crippen molar-refractivity contribution in [3.8, 4) is 11.5 Å². The second-order valence-electron chi connectivity index (χ2n) is 6.03. The average molecular weight is 341 g/mol. The average Bonchev–Trinajstić information content (AvgIpc) is 2.64. The summed E-state index contributed by atoms with van der Waals surface area (Å²) in [5.41, 5.74) is 2.13. The van der Waals surface area contributed by atoms with Gasteiger partial charge in [0.05, 0.1) is 13.2 Å². The summed E-state index contributed by atoms with van der Waals surface area (Å²) >= 11 is 0. The highest BCUT2D eigenvalue weighted by Crippen LogP contribution is 2.24. The van der Waals surface area contributed by atoms with Gasteiger partial charge in [0.2, 0.25) is 0 Å². The predicted molar refractivity (Wildman–Crippen MR) is 100 cm³/mol. The lowest BCUT2D eigenvalue weighted by Gasteiger charge is -2.23. The normalized spacial score (nSPS) is 13.0. The zero-order valence-corrected chi connectivity index (χ0v) is 15.4. The second kappa shape index (κ2) is 9.11. The quantitative estimate of drug-likeness (QED) is 0.773. The predicted octanol–water partition coefficient (Wildman–Crippen LogP) is 4.43. The third-order valence-corrected chi connectivity index (χ3v) is 4.23. The zero-order valence-electron chi connectivity index (χ0n) is 15.4. The van der Waals surface area contributed by atoms with Crippen LogP contribution in [0.5, 0.6) is 11.5 Å². The van der Waals surface area contributed by atoms with E-state index in [0.29, 0.717) is 12.2 Å². The fraction of sp³-hybridized carbons (Fsp3) is 0.381. The second-order valence-corrected chi connectivity index (χ2v) is 6.03. The maximum atomic E-state index is 12.7. The van der Waals surface area contributed by atoms with Crippen LogP contribution in [0, 0.1) is 6.92 Å². The number of rotatable bonds is 8. The molecule has 4 heteroatoms. The Morgan fingerprint density at radius 2 is 1.80 bits per heavy atom. The number of carbonyl (C=O) groups is 1. The van der Waals surface area contributed by atoms with E-state index in [1.165, 1.54) is 0 Å². The molecule has 25 heavy (non-hydrogen) atoms. The molecular formula is C21H27NO3. The number of hydrogen-bond donors (Lipinski definition) is 1. The molecule has 0 fully saturated rings. The molecule has 0 aliphatic carbocycles. The first-order valence-corrected chi connectivity index (χ1v) is 8.75. The van der Waals surface area contributed by atoms with Crippen molar-refractivity contribution in [2.24, 2.45) is 0 Å². The molecule has 0 spiro atoms. The van der Waals surface area contributed by atoms with E-state index in [-0.39, 0.29) is 11.9 Å². The third-order valence-electron chi connectivity index (χ3n) is 4.23. The van der Waals surface area contributed by atoms with Crippen molar-refractivity contribution in [2.45, 2.75) is 45.8 Å². The Labute approximate surface area is 150 Å². The molecule has 1 amide bonds. The van der Waals surface area contributed by atoms with E-state index in [2.05, 4.69) is 18.3 Å². The van der Waals surface area contributed by atoms with E-state index >= 15 is 0 Å². The first-order valence-electron chi connectivity index (χ1n) is 8.75. The minimum atomic E-state index is -0.504. The lowest BCUT2D eigenvalue weighted by molar-refractivity contribution is -0.128. The number of amides is 1. The van der Waals surface area contributed by atoms with E-state index in [1.807, 2.05) is 56.3 Å².